The van der Waals surface area contributed by atoms with Crippen LogP contribution in [0.2, 0.25) is 0 Å². The van der Waals surface area contributed by atoms with E-state index in [0.29, 0.717) is 26.1 Å². The second-order valence-corrected chi connectivity index (χ2v) is 8.68. The van der Waals surface area contributed by atoms with Gasteiger partial charge in [0.25, 0.3) is 0 Å². The minimum Gasteiger partial charge on any atom is -0.381 e. The summed E-state index contributed by atoms with van der Waals surface area (Å²) in [6.07, 6.45) is 3.57. The number of rotatable bonds is 3. The van der Waals surface area contributed by atoms with E-state index in [1.165, 1.54) is 16.5 Å². The lowest BCUT2D eigenvalue weighted by Gasteiger charge is -2.36. The third-order valence-electron chi connectivity index (χ3n) is 6.30. The fourth-order valence-corrected chi connectivity index (χ4v) is 5.00. The highest BCUT2D eigenvalue weighted by molar-refractivity contribution is 9.10. The van der Waals surface area contributed by atoms with Crippen LogP contribution >= 0.6 is 15.9 Å². The van der Waals surface area contributed by atoms with E-state index in [1.807, 2.05) is 12.1 Å². The quantitative estimate of drug-likeness (QED) is 0.598. The van der Waals surface area contributed by atoms with Gasteiger partial charge in [0.05, 0.1) is 5.41 Å². The van der Waals surface area contributed by atoms with Gasteiger partial charge in [0.1, 0.15) is 0 Å². The minimum atomic E-state index is -0.554. The van der Waals surface area contributed by atoms with Gasteiger partial charge in [0, 0.05) is 28.8 Å². The van der Waals surface area contributed by atoms with Gasteiger partial charge < -0.3 is 10.1 Å². The number of ether oxygens (including phenoxy) is 1. The van der Waals surface area contributed by atoms with Crippen molar-refractivity contribution < 1.29 is 9.53 Å². The summed E-state index contributed by atoms with van der Waals surface area (Å²) >= 11 is 3.50. The normalized spacial score (nSPS) is 17.6. The lowest BCUT2D eigenvalue weighted by molar-refractivity contribution is -0.125. The van der Waals surface area contributed by atoms with Crippen molar-refractivity contribution in [3.8, 4) is 0 Å². The molecule has 1 saturated heterocycles. The van der Waals surface area contributed by atoms with Gasteiger partial charge in [-0.2, -0.15) is 0 Å². The van der Waals surface area contributed by atoms with Gasteiger partial charge in [-0.05, 0) is 66.0 Å². The van der Waals surface area contributed by atoms with Crippen molar-refractivity contribution in [1.82, 2.24) is 0 Å². The summed E-state index contributed by atoms with van der Waals surface area (Å²) in [4.78, 5) is 13.6. The molecule has 28 heavy (non-hydrogen) atoms. The van der Waals surface area contributed by atoms with Crippen LogP contribution in [0.1, 0.15) is 29.5 Å². The molecule has 2 aliphatic rings. The lowest BCUT2D eigenvalue weighted by Crippen LogP contribution is -2.44. The highest BCUT2D eigenvalue weighted by Gasteiger charge is 2.42. The predicted octanol–water partition coefficient (Wildman–Crippen LogP) is 5.39. The first kappa shape index (κ1) is 17.9. The van der Waals surface area contributed by atoms with Crippen LogP contribution in [0.4, 0.5) is 5.69 Å². The number of benzene rings is 3. The summed E-state index contributed by atoms with van der Waals surface area (Å²) in [5, 5.41) is 5.76. The van der Waals surface area contributed by atoms with Gasteiger partial charge in [-0.3, -0.25) is 4.79 Å². The van der Waals surface area contributed by atoms with Crippen molar-refractivity contribution in [3.63, 3.8) is 0 Å². The number of aryl methyl sites for hydroxylation is 2. The molecular formula is C24H22BrNO2. The van der Waals surface area contributed by atoms with Crippen molar-refractivity contribution in [2.45, 2.75) is 31.1 Å². The van der Waals surface area contributed by atoms with Crippen LogP contribution in [0.15, 0.2) is 59.1 Å². The van der Waals surface area contributed by atoms with E-state index in [-0.39, 0.29) is 5.91 Å². The lowest BCUT2D eigenvalue weighted by atomic mass is 9.73. The summed E-state index contributed by atoms with van der Waals surface area (Å²) in [5.41, 5.74) is 4.19. The second kappa shape index (κ2) is 7.02. The number of carbonyl (C=O) groups excluding carboxylic acids is 1. The van der Waals surface area contributed by atoms with E-state index in [0.717, 1.165) is 34.0 Å². The molecule has 0 radical (unpaired) electrons. The maximum atomic E-state index is 13.6. The number of hydrogen-bond donors (Lipinski definition) is 1. The molecule has 1 aliphatic carbocycles. The Bertz CT molecular complexity index is 1040. The van der Waals surface area contributed by atoms with Gasteiger partial charge in [0.2, 0.25) is 5.91 Å². The molecule has 1 N–H and O–H groups in total. The molecule has 3 nitrogen and oxygen atoms in total. The first-order chi connectivity index (χ1) is 13.7. The molecular weight excluding hydrogens is 414 g/mol. The maximum absolute atomic E-state index is 13.6. The zero-order chi connectivity index (χ0) is 19.1. The molecule has 0 bridgehead atoms. The molecule has 1 fully saturated rings. The van der Waals surface area contributed by atoms with E-state index >= 15 is 0 Å². The Kier molecular flexibility index (Phi) is 4.48. The molecule has 0 unspecified atom stereocenters. The molecule has 0 spiro atoms. The molecule has 0 saturated carbocycles. The highest BCUT2D eigenvalue weighted by Crippen LogP contribution is 2.39. The standard InChI is InChI=1S/C24H22BrNO2/c25-19-9-7-18(8-10-19)24(12-14-28-15-13-24)23(27)26-21-11-6-17-5-4-16-2-1-3-20(21)22(16)17/h1-3,6-11H,4-5,12-15H2,(H,26,27). The Morgan fingerprint density at radius 2 is 1.64 bits per heavy atom. The average Bonchev–Trinajstić information content (AvgIpc) is 3.16. The first-order valence-corrected chi connectivity index (χ1v) is 10.7. The van der Waals surface area contributed by atoms with Gasteiger partial charge >= 0.3 is 0 Å². The third kappa shape index (κ3) is 2.87. The van der Waals surface area contributed by atoms with Crippen molar-refractivity contribution >= 4 is 38.3 Å². The molecule has 1 heterocycles. The SMILES string of the molecule is O=C(Nc1ccc2c3c(cccc13)CC2)C1(c2ccc(Br)cc2)CCOCC1. The highest BCUT2D eigenvalue weighted by atomic mass is 79.9. The zero-order valence-electron chi connectivity index (χ0n) is 15.6. The minimum absolute atomic E-state index is 0.0665. The van der Waals surface area contributed by atoms with E-state index in [9.17, 15) is 4.79 Å². The maximum Gasteiger partial charge on any atom is 0.235 e. The van der Waals surface area contributed by atoms with Crippen LogP contribution < -0.4 is 5.32 Å². The van der Waals surface area contributed by atoms with Crippen LogP contribution in [0.5, 0.6) is 0 Å². The summed E-state index contributed by atoms with van der Waals surface area (Å²) in [7, 11) is 0. The Morgan fingerprint density at radius 1 is 0.929 bits per heavy atom. The number of nitrogens with one attached hydrogen (secondary N) is 1. The third-order valence-corrected chi connectivity index (χ3v) is 6.83. The Morgan fingerprint density at radius 3 is 2.39 bits per heavy atom. The summed E-state index contributed by atoms with van der Waals surface area (Å²) < 4.78 is 6.61. The molecule has 1 amide bonds. The largest absolute Gasteiger partial charge is 0.381 e. The van der Waals surface area contributed by atoms with Crippen LogP contribution in [-0.2, 0) is 27.8 Å². The van der Waals surface area contributed by atoms with Gasteiger partial charge in [-0.15, -0.1) is 0 Å². The number of amides is 1. The average molecular weight is 436 g/mol. The zero-order valence-corrected chi connectivity index (χ0v) is 17.2. The smallest absolute Gasteiger partial charge is 0.235 e. The summed E-state index contributed by atoms with van der Waals surface area (Å²) in [5.74, 6) is 0.0665. The second-order valence-electron chi connectivity index (χ2n) is 7.77. The van der Waals surface area contributed by atoms with Crippen molar-refractivity contribution in [2.24, 2.45) is 0 Å². The number of hydrogen-bond acceptors (Lipinski definition) is 2. The van der Waals surface area contributed by atoms with Crippen molar-refractivity contribution in [3.05, 3.63) is 75.8 Å². The molecule has 0 atom stereocenters. The van der Waals surface area contributed by atoms with Crippen molar-refractivity contribution in [1.29, 1.82) is 0 Å². The monoisotopic (exact) mass is 435 g/mol. The van der Waals surface area contributed by atoms with Gasteiger partial charge in [-0.25, -0.2) is 0 Å². The van der Waals surface area contributed by atoms with Crippen LogP contribution in [0.3, 0.4) is 0 Å². The Labute approximate surface area is 173 Å². The van der Waals surface area contributed by atoms with Crippen LogP contribution in [0.25, 0.3) is 10.8 Å². The molecule has 3 aromatic rings. The van der Waals surface area contributed by atoms with Gasteiger partial charge in [0.15, 0.2) is 0 Å². The molecule has 3 aromatic carbocycles. The molecule has 142 valence electrons. The fraction of sp³-hybridized carbons (Fsp3) is 0.292. The topological polar surface area (TPSA) is 38.3 Å². The van der Waals surface area contributed by atoms with Crippen LogP contribution in [0, 0.1) is 0 Å². The van der Waals surface area contributed by atoms with E-state index in [1.54, 1.807) is 0 Å². The molecule has 5 rings (SSSR count). The van der Waals surface area contributed by atoms with Gasteiger partial charge in [-0.1, -0.05) is 52.3 Å². The number of carbonyl (C=O) groups is 1. The van der Waals surface area contributed by atoms with E-state index in [4.69, 9.17) is 4.74 Å². The first-order valence-electron chi connectivity index (χ1n) is 9.86. The van der Waals surface area contributed by atoms with Crippen molar-refractivity contribution in [2.75, 3.05) is 18.5 Å². The molecule has 4 heteroatoms. The number of anilines is 1. The Hall–Kier alpha value is -2.17. The Balaban J connectivity index is 1.55. The molecule has 0 aromatic heterocycles. The van der Waals surface area contributed by atoms with E-state index < -0.39 is 5.41 Å². The summed E-state index contributed by atoms with van der Waals surface area (Å²) in [6.45, 7) is 1.21. The van der Waals surface area contributed by atoms with Crippen LogP contribution in [-0.4, -0.2) is 19.1 Å². The predicted molar refractivity (Wildman–Crippen MR) is 116 cm³/mol. The molecule has 1 aliphatic heterocycles. The fourth-order valence-electron chi connectivity index (χ4n) is 4.73. The number of halogens is 1. The summed E-state index contributed by atoms with van der Waals surface area (Å²) in [6, 6.07) is 18.8. The van der Waals surface area contributed by atoms with E-state index in [2.05, 4.69) is 63.7 Å².